The van der Waals surface area contributed by atoms with Crippen LogP contribution in [0.1, 0.15) is 25.2 Å². The Hall–Kier alpha value is -1.06. The van der Waals surface area contributed by atoms with Crippen molar-refractivity contribution in [2.75, 3.05) is 12.5 Å². The first-order valence-electron chi connectivity index (χ1n) is 6.79. The van der Waals surface area contributed by atoms with Gasteiger partial charge in [0.25, 0.3) is 0 Å². The van der Waals surface area contributed by atoms with E-state index >= 15 is 0 Å². The van der Waals surface area contributed by atoms with Crippen LogP contribution >= 0.6 is 11.6 Å². The topological polar surface area (TPSA) is 27.1 Å². The van der Waals surface area contributed by atoms with Crippen molar-refractivity contribution < 1.29 is 4.74 Å². The number of para-hydroxylation sites is 1. The van der Waals surface area contributed by atoms with Gasteiger partial charge < -0.3 is 9.30 Å². The first-order chi connectivity index (χ1) is 9.17. The Morgan fingerprint density at radius 1 is 1.42 bits per heavy atom. The lowest BCUT2D eigenvalue weighted by Crippen LogP contribution is -2.18. The molecule has 2 rings (SSSR count). The highest BCUT2D eigenvalue weighted by Gasteiger charge is 2.14. The standard InChI is InChI=1S/C15H21ClN2O/c1-4-19-12(3)10-18-14(8-9-16)17-13-7-5-6-11(2)15(13)18/h5-7,12H,4,8-10H2,1-3H3. The number of aryl methyl sites for hydroxylation is 2. The predicted molar refractivity (Wildman–Crippen MR) is 80.0 cm³/mol. The zero-order valence-electron chi connectivity index (χ0n) is 11.8. The van der Waals surface area contributed by atoms with Gasteiger partial charge in [-0.05, 0) is 32.4 Å². The van der Waals surface area contributed by atoms with E-state index in [1.807, 2.05) is 13.0 Å². The summed E-state index contributed by atoms with van der Waals surface area (Å²) in [4.78, 5) is 4.70. The first-order valence-corrected chi connectivity index (χ1v) is 7.33. The molecule has 0 aliphatic carbocycles. The van der Waals surface area contributed by atoms with E-state index in [1.165, 1.54) is 11.1 Å². The fourth-order valence-corrected chi connectivity index (χ4v) is 2.65. The highest BCUT2D eigenvalue weighted by molar-refractivity contribution is 6.17. The van der Waals surface area contributed by atoms with Gasteiger partial charge in [-0.1, -0.05) is 12.1 Å². The van der Waals surface area contributed by atoms with E-state index in [-0.39, 0.29) is 6.10 Å². The SMILES string of the molecule is CCOC(C)Cn1c(CCCl)nc2cccc(C)c21. The molecule has 1 atom stereocenters. The number of hydrogen-bond acceptors (Lipinski definition) is 2. The molecule has 4 heteroatoms. The van der Waals surface area contributed by atoms with Crippen molar-refractivity contribution in [1.82, 2.24) is 9.55 Å². The molecule has 0 N–H and O–H groups in total. The zero-order chi connectivity index (χ0) is 13.8. The van der Waals surface area contributed by atoms with Gasteiger partial charge in [0.2, 0.25) is 0 Å². The maximum Gasteiger partial charge on any atom is 0.111 e. The monoisotopic (exact) mass is 280 g/mol. The fraction of sp³-hybridized carbons (Fsp3) is 0.533. The highest BCUT2D eigenvalue weighted by Crippen LogP contribution is 2.21. The summed E-state index contributed by atoms with van der Waals surface area (Å²) < 4.78 is 7.91. The molecule has 0 aliphatic rings. The normalized spacial score (nSPS) is 13.1. The number of rotatable bonds is 6. The number of benzene rings is 1. The van der Waals surface area contributed by atoms with Crippen LogP contribution in [0.15, 0.2) is 18.2 Å². The summed E-state index contributed by atoms with van der Waals surface area (Å²) >= 11 is 5.89. The van der Waals surface area contributed by atoms with Crippen LogP contribution in [-0.4, -0.2) is 28.1 Å². The summed E-state index contributed by atoms with van der Waals surface area (Å²) in [6, 6.07) is 6.23. The van der Waals surface area contributed by atoms with Crippen LogP contribution in [0.2, 0.25) is 0 Å². The van der Waals surface area contributed by atoms with Crippen LogP contribution in [0.4, 0.5) is 0 Å². The van der Waals surface area contributed by atoms with E-state index in [9.17, 15) is 0 Å². The van der Waals surface area contributed by atoms with Gasteiger partial charge in [-0.15, -0.1) is 11.6 Å². The molecule has 104 valence electrons. The molecular formula is C15H21ClN2O. The van der Waals surface area contributed by atoms with Gasteiger partial charge >= 0.3 is 0 Å². The predicted octanol–water partition coefficient (Wildman–Crippen LogP) is 3.55. The molecule has 0 bridgehead atoms. The van der Waals surface area contributed by atoms with Crippen LogP contribution < -0.4 is 0 Å². The van der Waals surface area contributed by atoms with Crippen molar-refractivity contribution in [2.24, 2.45) is 0 Å². The molecule has 1 aromatic heterocycles. The number of ether oxygens (including phenoxy) is 1. The van der Waals surface area contributed by atoms with E-state index in [2.05, 4.69) is 30.5 Å². The minimum Gasteiger partial charge on any atom is -0.377 e. The van der Waals surface area contributed by atoms with E-state index in [1.54, 1.807) is 0 Å². The molecule has 0 amide bonds. The summed E-state index contributed by atoms with van der Waals surface area (Å²) in [5.41, 5.74) is 3.49. The van der Waals surface area contributed by atoms with Crippen LogP contribution in [0, 0.1) is 6.92 Å². The Kier molecular flexibility index (Phi) is 4.83. The third-order valence-electron chi connectivity index (χ3n) is 3.26. The maximum absolute atomic E-state index is 5.89. The minimum atomic E-state index is 0.177. The fourth-order valence-electron chi connectivity index (χ4n) is 2.48. The van der Waals surface area contributed by atoms with Gasteiger partial charge in [0, 0.05) is 18.9 Å². The van der Waals surface area contributed by atoms with Gasteiger partial charge in [-0.25, -0.2) is 4.98 Å². The lowest BCUT2D eigenvalue weighted by Gasteiger charge is -2.16. The van der Waals surface area contributed by atoms with Gasteiger partial charge in [0.15, 0.2) is 0 Å². The molecule has 0 saturated heterocycles. The molecule has 1 aromatic carbocycles. The second-order valence-corrected chi connectivity index (χ2v) is 5.16. The van der Waals surface area contributed by atoms with E-state index in [0.29, 0.717) is 5.88 Å². The minimum absolute atomic E-state index is 0.177. The molecule has 0 spiro atoms. The van der Waals surface area contributed by atoms with Crippen LogP contribution in [0.25, 0.3) is 11.0 Å². The van der Waals surface area contributed by atoms with Crippen LogP contribution in [0.5, 0.6) is 0 Å². The van der Waals surface area contributed by atoms with Crippen molar-refractivity contribution in [1.29, 1.82) is 0 Å². The number of hydrogen-bond donors (Lipinski definition) is 0. The Morgan fingerprint density at radius 2 is 2.21 bits per heavy atom. The summed E-state index contributed by atoms with van der Waals surface area (Å²) in [5, 5.41) is 0. The third-order valence-corrected chi connectivity index (χ3v) is 3.45. The lowest BCUT2D eigenvalue weighted by molar-refractivity contribution is 0.0642. The second-order valence-electron chi connectivity index (χ2n) is 4.79. The van der Waals surface area contributed by atoms with Crippen molar-refractivity contribution in [3.05, 3.63) is 29.6 Å². The molecule has 2 aromatic rings. The lowest BCUT2D eigenvalue weighted by atomic mass is 10.2. The Bertz CT molecular complexity index is 550. The van der Waals surface area contributed by atoms with Crippen molar-refractivity contribution in [2.45, 2.75) is 39.8 Å². The van der Waals surface area contributed by atoms with Gasteiger partial charge in [-0.2, -0.15) is 0 Å². The van der Waals surface area contributed by atoms with E-state index in [4.69, 9.17) is 21.3 Å². The molecule has 0 radical (unpaired) electrons. The number of fused-ring (bicyclic) bond motifs is 1. The molecule has 19 heavy (non-hydrogen) atoms. The molecule has 1 heterocycles. The van der Waals surface area contributed by atoms with Crippen molar-refractivity contribution in [3.8, 4) is 0 Å². The number of imidazole rings is 1. The molecule has 0 aliphatic heterocycles. The second kappa shape index (κ2) is 6.40. The number of alkyl halides is 1. The maximum atomic E-state index is 5.89. The van der Waals surface area contributed by atoms with Crippen LogP contribution in [0.3, 0.4) is 0 Å². The number of halogens is 1. The van der Waals surface area contributed by atoms with Crippen molar-refractivity contribution in [3.63, 3.8) is 0 Å². The number of aromatic nitrogens is 2. The average Bonchev–Trinajstić information content (AvgIpc) is 2.70. The van der Waals surface area contributed by atoms with Crippen molar-refractivity contribution >= 4 is 22.6 Å². The largest absolute Gasteiger partial charge is 0.377 e. The zero-order valence-corrected chi connectivity index (χ0v) is 12.6. The summed E-state index contributed by atoms with van der Waals surface area (Å²) in [6.07, 6.45) is 0.963. The smallest absolute Gasteiger partial charge is 0.111 e. The summed E-state index contributed by atoms with van der Waals surface area (Å²) in [7, 11) is 0. The summed E-state index contributed by atoms with van der Waals surface area (Å²) in [5.74, 6) is 1.64. The van der Waals surface area contributed by atoms with E-state index in [0.717, 1.165) is 30.9 Å². The van der Waals surface area contributed by atoms with E-state index < -0.39 is 0 Å². The number of nitrogens with zero attached hydrogens (tertiary/aromatic N) is 2. The quantitative estimate of drug-likeness (QED) is 0.757. The molecule has 0 saturated carbocycles. The average molecular weight is 281 g/mol. The summed E-state index contributed by atoms with van der Waals surface area (Å²) in [6.45, 7) is 7.79. The van der Waals surface area contributed by atoms with Crippen LogP contribution in [-0.2, 0) is 17.7 Å². The highest BCUT2D eigenvalue weighted by atomic mass is 35.5. The Balaban J connectivity index is 2.44. The molecular weight excluding hydrogens is 260 g/mol. The third kappa shape index (κ3) is 3.10. The molecule has 3 nitrogen and oxygen atoms in total. The Morgan fingerprint density at radius 3 is 2.89 bits per heavy atom. The molecule has 0 fully saturated rings. The first kappa shape index (κ1) is 14.4. The Labute approximate surface area is 119 Å². The van der Waals surface area contributed by atoms with Gasteiger partial charge in [-0.3, -0.25) is 0 Å². The van der Waals surface area contributed by atoms with Gasteiger partial charge in [0.05, 0.1) is 23.7 Å². The van der Waals surface area contributed by atoms with Gasteiger partial charge in [0.1, 0.15) is 5.82 Å². The molecule has 1 unspecified atom stereocenters.